The smallest absolute Gasteiger partial charge is 0.168 e. The Morgan fingerprint density at radius 3 is 2.95 bits per heavy atom. The summed E-state index contributed by atoms with van der Waals surface area (Å²) < 4.78 is 5.57. The van der Waals surface area contributed by atoms with Crippen LogP contribution >= 0.6 is 0 Å². The van der Waals surface area contributed by atoms with Gasteiger partial charge < -0.3 is 9.72 Å². The zero-order chi connectivity index (χ0) is 14.4. The predicted molar refractivity (Wildman–Crippen MR) is 82.7 cm³/mol. The zero-order valence-corrected chi connectivity index (χ0v) is 12.4. The second-order valence-corrected chi connectivity index (χ2v) is 6.49. The van der Waals surface area contributed by atoms with E-state index < -0.39 is 0 Å². The molecule has 2 aliphatic carbocycles. The van der Waals surface area contributed by atoms with Gasteiger partial charge >= 0.3 is 0 Å². The number of aromatic nitrogens is 1. The van der Waals surface area contributed by atoms with Crippen LogP contribution in [0, 0.1) is 17.8 Å². The lowest BCUT2D eigenvalue weighted by molar-refractivity contribution is 0.0876. The first kappa shape index (κ1) is 12.9. The van der Waals surface area contributed by atoms with Crippen LogP contribution in [0.5, 0.6) is 5.75 Å². The van der Waals surface area contributed by atoms with Crippen molar-refractivity contribution in [2.24, 2.45) is 17.8 Å². The van der Waals surface area contributed by atoms with E-state index in [9.17, 15) is 4.79 Å². The highest BCUT2D eigenvalue weighted by atomic mass is 16.5. The van der Waals surface area contributed by atoms with Gasteiger partial charge in [-0.25, -0.2) is 0 Å². The van der Waals surface area contributed by atoms with Crippen LogP contribution in [0.2, 0.25) is 0 Å². The Kier molecular flexibility index (Phi) is 3.02. The molecule has 110 valence electrons. The summed E-state index contributed by atoms with van der Waals surface area (Å²) in [5, 5.41) is 1.01. The lowest BCUT2D eigenvalue weighted by atomic mass is 9.83. The van der Waals surface area contributed by atoms with Crippen LogP contribution < -0.4 is 4.74 Å². The Balaban J connectivity index is 1.69. The molecule has 0 saturated heterocycles. The van der Waals surface area contributed by atoms with Crippen LogP contribution in [0.4, 0.5) is 0 Å². The minimum Gasteiger partial charge on any atom is -0.494 e. The van der Waals surface area contributed by atoms with E-state index in [1.54, 1.807) is 0 Å². The molecule has 1 N–H and O–H groups in total. The van der Waals surface area contributed by atoms with Gasteiger partial charge in [-0.15, -0.1) is 0 Å². The first-order valence-electron chi connectivity index (χ1n) is 8.04. The molecule has 3 atom stereocenters. The number of ketones is 1. The van der Waals surface area contributed by atoms with Gasteiger partial charge in [0.15, 0.2) is 5.78 Å². The summed E-state index contributed by atoms with van der Waals surface area (Å²) in [7, 11) is 0. The number of fused-ring (bicyclic) bond motifs is 3. The third kappa shape index (κ3) is 2.06. The normalized spacial score (nSPS) is 27.4. The summed E-state index contributed by atoms with van der Waals surface area (Å²) in [5.74, 6) is 2.85. The number of hydrogen-bond donors (Lipinski definition) is 1. The van der Waals surface area contributed by atoms with Crippen LogP contribution in [0.3, 0.4) is 0 Å². The second kappa shape index (κ2) is 4.90. The number of carbonyl (C=O) groups is 1. The molecule has 0 spiro atoms. The average molecular weight is 283 g/mol. The number of rotatable bonds is 4. The number of nitrogens with one attached hydrogen (secondary N) is 1. The van der Waals surface area contributed by atoms with Crippen LogP contribution in [-0.4, -0.2) is 17.4 Å². The molecule has 2 saturated carbocycles. The maximum Gasteiger partial charge on any atom is 0.168 e. The number of carbonyl (C=O) groups excluding carboxylic acids is 1. The summed E-state index contributed by atoms with van der Waals surface area (Å²) in [6, 6.07) is 5.95. The highest BCUT2D eigenvalue weighted by Crippen LogP contribution is 2.49. The molecule has 2 bridgehead atoms. The molecule has 2 fully saturated rings. The fourth-order valence-corrected chi connectivity index (χ4v) is 4.33. The van der Waals surface area contributed by atoms with Crippen molar-refractivity contribution in [3.8, 4) is 5.75 Å². The van der Waals surface area contributed by atoms with E-state index in [2.05, 4.69) is 4.98 Å². The van der Waals surface area contributed by atoms with E-state index in [1.807, 2.05) is 31.3 Å². The molecule has 1 heterocycles. The van der Waals surface area contributed by atoms with Gasteiger partial charge in [0.1, 0.15) is 5.75 Å². The van der Waals surface area contributed by atoms with Crippen LogP contribution in [0.25, 0.3) is 10.9 Å². The van der Waals surface area contributed by atoms with Crippen molar-refractivity contribution in [2.75, 3.05) is 6.61 Å². The number of H-pyrrole nitrogens is 1. The summed E-state index contributed by atoms with van der Waals surface area (Å²) in [6.07, 6.45) is 6.82. The van der Waals surface area contributed by atoms with Gasteiger partial charge in [0.25, 0.3) is 0 Å². The van der Waals surface area contributed by atoms with E-state index in [-0.39, 0.29) is 5.92 Å². The van der Waals surface area contributed by atoms with E-state index in [1.165, 1.54) is 19.3 Å². The molecule has 1 aromatic carbocycles. The topological polar surface area (TPSA) is 42.1 Å². The monoisotopic (exact) mass is 283 g/mol. The summed E-state index contributed by atoms with van der Waals surface area (Å²) in [5.41, 5.74) is 1.87. The molecular weight excluding hydrogens is 262 g/mol. The maximum absolute atomic E-state index is 12.9. The number of aromatic amines is 1. The summed E-state index contributed by atoms with van der Waals surface area (Å²) in [4.78, 5) is 16.1. The van der Waals surface area contributed by atoms with Crippen molar-refractivity contribution in [1.82, 2.24) is 4.98 Å². The molecule has 4 rings (SSSR count). The quantitative estimate of drug-likeness (QED) is 0.855. The Morgan fingerprint density at radius 2 is 2.24 bits per heavy atom. The molecule has 3 heteroatoms. The Hall–Kier alpha value is -1.77. The van der Waals surface area contributed by atoms with Gasteiger partial charge in [0.2, 0.25) is 0 Å². The predicted octanol–water partition coefficient (Wildman–Crippen LogP) is 4.19. The number of hydrogen-bond acceptors (Lipinski definition) is 2. The lowest BCUT2D eigenvalue weighted by Gasteiger charge is -2.19. The van der Waals surface area contributed by atoms with Crippen molar-refractivity contribution >= 4 is 16.7 Å². The van der Waals surface area contributed by atoms with Crippen molar-refractivity contribution in [3.05, 3.63) is 30.0 Å². The average Bonchev–Trinajstić information content (AvgIpc) is 3.21. The van der Waals surface area contributed by atoms with Crippen molar-refractivity contribution in [1.29, 1.82) is 0 Å². The van der Waals surface area contributed by atoms with E-state index >= 15 is 0 Å². The van der Waals surface area contributed by atoms with Crippen LogP contribution in [0.1, 0.15) is 43.0 Å². The number of Topliss-reactive ketones (excluding diaryl/α,β-unsaturated/α-hetero) is 1. The molecule has 2 aliphatic rings. The van der Waals surface area contributed by atoms with Crippen LogP contribution in [-0.2, 0) is 0 Å². The van der Waals surface area contributed by atoms with Crippen LogP contribution in [0.15, 0.2) is 24.4 Å². The minimum atomic E-state index is 0.249. The minimum absolute atomic E-state index is 0.249. The molecule has 3 nitrogen and oxygen atoms in total. The summed E-state index contributed by atoms with van der Waals surface area (Å²) in [6.45, 7) is 2.62. The number of benzene rings is 1. The first-order valence-corrected chi connectivity index (χ1v) is 8.04. The van der Waals surface area contributed by atoms with Gasteiger partial charge in [-0.3, -0.25) is 4.79 Å². The molecular formula is C18H21NO2. The maximum atomic E-state index is 12.9. The van der Waals surface area contributed by atoms with Crippen molar-refractivity contribution < 1.29 is 9.53 Å². The highest BCUT2D eigenvalue weighted by molar-refractivity contribution is 6.09. The fourth-order valence-electron chi connectivity index (χ4n) is 4.33. The largest absolute Gasteiger partial charge is 0.494 e. The third-order valence-corrected chi connectivity index (χ3v) is 5.30. The Bertz CT molecular complexity index is 688. The molecule has 2 aromatic rings. The Labute approximate surface area is 124 Å². The van der Waals surface area contributed by atoms with E-state index in [0.717, 1.165) is 34.6 Å². The van der Waals surface area contributed by atoms with Gasteiger partial charge in [0.05, 0.1) is 6.61 Å². The molecule has 3 unspecified atom stereocenters. The third-order valence-electron chi connectivity index (χ3n) is 5.30. The van der Waals surface area contributed by atoms with Gasteiger partial charge in [-0.05, 0) is 56.2 Å². The second-order valence-electron chi connectivity index (χ2n) is 6.49. The molecule has 21 heavy (non-hydrogen) atoms. The van der Waals surface area contributed by atoms with Gasteiger partial charge in [0, 0.05) is 28.6 Å². The molecule has 0 aliphatic heterocycles. The zero-order valence-electron chi connectivity index (χ0n) is 12.4. The Morgan fingerprint density at radius 1 is 1.33 bits per heavy atom. The highest BCUT2D eigenvalue weighted by Gasteiger charge is 2.43. The molecule has 0 radical (unpaired) electrons. The number of ether oxygens (including phenoxy) is 1. The van der Waals surface area contributed by atoms with Gasteiger partial charge in [-0.1, -0.05) is 6.42 Å². The van der Waals surface area contributed by atoms with Crippen molar-refractivity contribution in [3.63, 3.8) is 0 Å². The fraction of sp³-hybridized carbons (Fsp3) is 0.500. The summed E-state index contributed by atoms with van der Waals surface area (Å²) >= 11 is 0. The molecule has 1 aromatic heterocycles. The molecule has 0 amide bonds. The lowest BCUT2D eigenvalue weighted by Crippen LogP contribution is -2.20. The first-order chi connectivity index (χ1) is 10.3. The SMILES string of the molecule is CCOc1ccc2[nH]cc(C(=O)C3CC4CCC3C4)c2c1. The van der Waals surface area contributed by atoms with E-state index in [0.29, 0.717) is 18.3 Å². The standard InChI is InChI=1S/C18H21NO2/c1-2-21-13-5-6-17-15(9-13)16(10-19-17)18(20)14-8-11-3-4-12(14)7-11/h5-6,9-12,14,19H,2-4,7-8H2,1H3. The van der Waals surface area contributed by atoms with Gasteiger partial charge in [-0.2, -0.15) is 0 Å². The van der Waals surface area contributed by atoms with E-state index in [4.69, 9.17) is 4.74 Å². The van der Waals surface area contributed by atoms with Crippen molar-refractivity contribution in [2.45, 2.75) is 32.6 Å².